The Bertz CT molecular complexity index is 1150. The van der Waals surface area contributed by atoms with Crippen LogP contribution < -0.4 is 15.9 Å². The molecule has 138 valence electrons. The summed E-state index contributed by atoms with van der Waals surface area (Å²) in [5, 5.41) is 0.698. The Morgan fingerprint density at radius 2 is 1.89 bits per heavy atom. The Morgan fingerprint density at radius 3 is 2.63 bits per heavy atom. The number of carbonyl (C=O) groups excluding carboxylic acids is 1. The van der Waals surface area contributed by atoms with Crippen LogP contribution in [0.25, 0.3) is 11.0 Å². The number of benzene rings is 1. The average Bonchev–Trinajstić information content (AvgIpc) is 2.61. The van der Waals surface area contributed by atoms with Crippen molar-refractivity contribution in [1.82, 2.24) is 9.47 Å². The van der Waals surface area contributed by atoms with Crippen LogP contribution in [0, 0.1) is 6.92 Å². The second kappa shape index (κ2) is 6.42. The zero-order valence-electron chi connectivity index (χ0n) is 15.0. The minimum absolute atomic E-state index is 0.0107. The largest absolute Gasteiger partial charge is 0.486 e. The number of aryl methyl sites for hydroxylation is 1. The fourth-order valence-electron chi connectivity index (χ4n) is 3.06. The maximum absolute atomic E-state index is 12.6. The summed E-state index contributed by atoms with van der Waals surface area (Å²) in [6.45, 7) is 2.52. The van der Waals surface area contributed by atoms with Gasteiger partial charge < -0.3 is 18.6 Å². The van der Waals surface area contributed by atoms with Gasteiger partial charge in [-0.3, -0.25) is 9.59 Å². The van der Waals surface area contributed by atoms with Gasteiger partial charge in [0, 0.05) is 24.2 Å². The van der Waals surface area contributed by atoms with E-state index < -0.39 is 5.63 Å². The van der Waals surface area contributed by atoms with E-state index in [-0.39, 0.29) is 23.1 Å². The number of aromatic nitrogens is 1. The smallest absolute Gasteiger partial charge is 0.349 e. The number of fused-ring (bicyclic) bond motifs is 1. The van der Waals surface area contributed by atoms with Gasteiger partial charge in [-0.15, -0.1) is 0 Å². The van der Waals surface area contributed by atoms with Crippen molar-refractivity contribution in [3.8, 4) is 5.75 Å². The number of nitrogens with zero attached hydrogens (tertiary/aromatic N) is 2. The Balaban J connectivity index is 1.47. The fraction of sp³-hybridized carbons (Fsp3) is 0.250. The molecule has 4 rings (SSSR count). The highest BCUT2D eigenvalue weighted by atomic mass is 16.5. The monoisotopic (exact) mass is 366 g/mol. The predicted octanol–water partition coefficient (Wildman–Crippen LogP) is 1.70. The predicted molar refractivity (Wildman–Crippen MR) is 99.2 cm³/mol. The van der Waals surface area contributed by atoms with Gasteiger partial charge in [-0.2, -0.15) is 0 Å². The molecular formula is C20H18N2O5. The molecule has 0 spiro atoms. The van der Waals surface area contributed by atoms with Crippen LogP contribution in [-0.2, 0) is 7.05 Å². The van der Waals surface area contributed by atoms with Crippen LogP contribution in [0.2, 0.25) is 0 Å². The Morgan fingerprint density at radius 1 is 1.15 bits per heavy atom. The van der Waals surface area contributed by atoms with Crippen molar-refractivity contribution < 1.29 is 13.9 Å². The molecule has 0 radical (unpaired) electrons. The molecule has 0 atom stereocenters. The van der Waals surface area contributed by atoms with E-state index in [2.05, 4.69) is 0 Å². The molecule has 0 aliphatic carbocycles. The number of likely N-dealkylation sites (tertiary alicyclic amines) is 1. The summed E-state index contributed by atoms with van der Waals surface area (Å²) in [4.78, 5) is 38.1. The molecule has 7 heteroatoms. The first-order chi connectivity index (χ1) is 12.9. The van der Waals surface area contributed by atoms with Gasteiger partial charge in [0.15, 0.2) is 0 Å². The third-order valence-electron chi connectivity index (χ3n) is 4.79. The van der Waals surface area contributed by atoms with E-state index in [1.807, 2.05) is 13.0 Å². The molecule has 1 amide bonds. The number of para-hydroxylation sites is 1. The van der Waals surface area contributed by atoms with Crippen molar-refractivity contribution in [3.63, 3.8) is 0 Å². The zero-order valence-corrected chi connectivity index (χ0v) is 15.0. The minimum Gasteiger partial charge on any atom is -0.486 e. The summed E-state index contributed by atoms with van der Waals surface area (Å²) in [6, 6.07) is 11.8. The molecule has 1 fully saturated rings. The highest BCUT2D eigenvalue weighted by molar-refractivity contribution is 5.97. The normalized spacial score (nSPS) is 14.2. The summed E-state index contributed by atoms with van der Waals surface area (Å²) in [7, 11) is 1.69. The average molecular weight is 366 g/mol. The lowest BCUT2D eigenvalue weighted by atomic mass is 10.1. The highest BCUT2D eigenvalue weighted by Gasteiger charge is 2.34. The first kappa shape index (κ1) is 17.1. The summed E-state index contributed by atoms with van der Waals surface area (Å²) < 4.78 is 12.5. The number of hydrogen-bond donors (Lipinski definition) is 0. The van der Waals surface area contributed by atoms with Crippen LogP contribution in [0.15, 0.2) is 56.5 Å². The van der Waals surface area contributed by atoms with Gasteiger partial charge in [-0.25, -0.2) is 4.79 Å². The quantitative estimate of drug-likeness (QED) is 0.659. The van der Waals surface area contributed by atoms with Crippen LogP contribution in [0.4, 0.5) is 0 Å². The lowest BCUT2D eigenvalue weighted by molar-refractivity contribution is 0.0173. The van der Waals surface area contributed by atoms with Crippen LogP contribution in [-0.4, -0.2) is 34.6 Å². The van der Waals surface area contributed by atoms with Crippen molar-refractivity contribution in [3.05, 3.63) is 74.5 Å². The summed E-state index contributed by atoms with van der Waals surface area (Å²) in [6.07, 6.45) is -0.215. The molecule has 0 saturated carbocycles. The number of pyridine rings is 1. The standard InChI is InChI=1S/C20H18N2O5/c1-12-7-14(9-18(23)21(12)2)26-15-10-22(11-15)19(24)16-8-13-5-3-4-6-17(13)27-20(16)25/h3-9,15H,10-11H2,1-2H3. The first-order valence-corrected chi connectivity index (χ1v) is 8.59. The van der Waals surface area contributed by atoms with E-state index >= 15 is 0 Å². The highest BCUT2D eigenvalue weighted by Crippen LogP contribution is 2.20. The second-order valence-electron chi connectivity index (χ2n) is 6.67. The molecule has 0 unspecified atom stereocenters. The van der Waals surface area contributed by atoms with E-state index in [4.69, 9.17) is 9.15 Å². The summed E-state index contributed by atoms with van der Waals surface area (Å²) in [5.41, 5.74) is 0.455. The van der Waals surface area contributed by atoms with Crippen LogP contribution >= 0.6 is 0 Å². The minimum atomic E-state index is -0.648. The van der Waals surface area contributed by atoms with Crippen molar-refractivity contribution in [2.45, 2.75) is 13.0 Å². The molecule has 1 aliphatic rings. The van der Waals surface area contributed by atoms with E-state index in [0.29, 0.717) is 29.8 Å². The fourth-order valence-corrected chi connectivity index (χ4v) is 3.06. The number of carbonyl (C=O) groups is 1. The maximum atomic E-state index is 12.6. The maximum Gasteiger partial charge on any atom is 0.349 e. The molecule has 1 aromatic carbocycles. The van der Waals surface area contributed by atoms with Gasteiger partial charge in [0.05, 0.1) is 13.1 Å². The number of hydrogen-bond acceptors (Lipinski definition) is 5. The van der Waals surface area contributed by atoms with Crippen molar-refractivity contribution in [1.29, 1.82) is 0 Å². The molecule has 7 nitrogen and oxygen atoms in total. The Kier molecular flexibility index (Phi) is 4.07. The third kappa shape index (κ3) is 3.12. The van der Waals surface area contributed by atoms with Gasteiger partial charge in [0.2, 0.25) is 0 Å². The van der Waals surface area contributed by atoms with Crippen LogP contribution in [0.3, 0.4) is 0 Å². The molecule has 0 bridgehead atoms. The molecule has 2 aromatic heterocycles. The van der Waals surface area contributed by atoms with E-state index in [1.54, 1.807) is 37.4 Å². The molecule has 0 N–H and O–H groups in total. The Labute approximate surface area is 154 Å². The van der Waals surface area contributed by atoms with Gasteiger partial charge in [0.25, 0.3) is 11.5 Å². The van der Waals surface area contributed by atoms with Crippen molar-refractivity contribution in [2.24, 2.45) is 7.05 Å². The van der Waals surface area contributed by atoms with E-state index in [9.17, 15) is 14.4 Å². The molecular weight excluding hydrogens is 348 g/mol. The van der Waals surface area contributed by atoms with E-state index in [0.717, 1.165) is 5.69 Å². The molecule has 3 heterocycles. The van der Waals surface area contributed by atoms with Crippen LogP contribution in [0.1, 0.15) is 16.1 Å². The van der Waals surface area contributed by atoms with E-state index in [1.165, 1.54) is 15.5 Å². The lowest BCUT2D eigenvalue weighted by Crippen LogP contribution is -2.56. The van der Waals surface area contributed by atoms with Gasteiger partial charge in [-0.1, -0.05) is 18.2 Å². The topological polar surface area (TPSA) is 81.8 Å². The summed E-state index contributed by atoms with van der Waals surface area (Å²) in [5.74, 6) is 0.104. The molecule has 1 aliphatic heterocycles. The zero-order chi connectivity index (χ0) is 19.1. The molecule has 3 aromatic rings. The lowest BCUT2D eigenvalue weighted by Gasteiger charge is -2.38. The number of rotatable bonds is 3. The second-order valence-corrected chi connectivity index (χ2v) is 6.67. The third-order valence-corrected chi connectivity index (χ3v) is 4.79. The molecule has 27 heavy (non-hydrogen) atoms. The Hall–Kier alpha value is -3.35. The van der Waals surface area contributed by atoms with Gasteiger partial charge in [0.1, 0.15) is 23.0 Å². The van der Waals surface area contributed by atoms with Crippen LogP contribution in [0.5, 0.6) is 5.75 Å². The number of amides is 1. The van der Waals surface area contributed by atoms with Crippen molar-refractivity contribution in [2.75, 3.05) is 13.1 Å². The SMILES string of the molecule is Cc1cc(OC2CN(C(=O)c3cc4ccccc4oc3=O)C2)cc(=O)n1C. The summed E-state index contributed by atoms with van der Waals surface area (Å²) >= 11 is 0. The number of ether oxygens (including phenoxy) is 1. The van der Waals surface area contributed by atoms with Crippen molar-refractivity contribution >= 4 is 16.9 Å². The van der Waals surface area contributed by atoms with Gasteiger partial charge >= 0.3 is 5.63 Å². The first-order valence-electron chi connectivity index (χ1n) is 8.59. The molecule has 1 saturated heterocycles. The van der Waals surface area contributed by atoms with Gasteiger partial charge in [-0.05, 0) is 25.1 Å².